The van der Waals surface area contributed by atoms with Gasteiger partial charge in [0.1, 0.15) is 0 Å². The van der Waals surface area contributed by atoms with Crippen molar-refractivity contribution in [1.82, 2.24) is 0 Å². The van der Waals surface area contributed by atoms with E-state index >= 15 is 0 Å². The molecule has 0 fully saturated rings. The zero-order valence-corrected chi connectivity index (χ0v) is 7.37. The van der Waals surface area contributed by atoms with Crippen LogP contribution < -0.4 is 0 Å². The van der Waals surface area contributed by atoms with E-state index in [1.807, 2.05) is 0 Å². The number of carbonyl (C=O) groups is 2. The van der Waals surface area contributed by atoms with Crippen molar-refractivity contribution in [3.63, 3.8) is 0 Å². The zero-order valence-electron chi connectivity index (χ0n) is 7.21. The maximum Gasteiger partial charge on any atom is 1.00 e. The predicted molar refractivity (Wildman–Crippen MR) is 37.7 cm³/mol. The Kier molecular flexibility index (Phi) is 3.71. The van der Waals surface area contributed by atoms with Gasteiger partial charge in [-0.05, 0) is 6.55 Å². The lowest BCUT2D eigenvalue weighted by Crippen LogP contribution is -2.23. The highest BCUT2D eigenvalue weighted by atomic mass is 28.3. The quantitative estimate of drug-likeness (QED) is 0.541. The maximum atomic E-state index is 10.3. The molecule has 0 aromatic heterocycles. The second-order valence-corrected chi connectivity index (χ2v) is 3.39. The average molecular weight is 163 g/mol. The lowest BCUT2D eigenvalue weighted by atomic mass is 10.9. The molecule has 0 aromatic carbocycles. The van der Waals surface area contributed by atoms with Crippen molar-refractivity contribution in [3.8, 4) is 0 Å². The van der Waals surface area contributed by atoms with Gasteiger partial charge in [0.2, 0.25) is 0 Å². The van der Waals surface area contributed by atoms with Crippen LogP contribution in [0.5, 0.6) is 0 Å². The van der Waals surface area contributed by atoms with E-state index in [0.29, 0.717) is 0 Å². The molecule has 0 N–H and O–H groups in total. The minimum atomic E-state index is -2.02. The Hall–Kier alpha value is -0.843. The van der Waals surface area contributed by atoms with Gasteiger partial charge in [-0.3, -0.25) is 9.59 Å². The van der Waals surface area contributed by atoms with Crippen LogP contribution in [0.25, 0.3) is 0 Å². The van der Waals surface area contributed by atoms with E-state index in [1.165, 1.54) is 13.8 Å². The molecule has 5 heteroatoms. The molecule has 0 unspecified atom stereocenters. The van der Waals surface area contributed by atoms with Gasteiger partial charge >= 0.3 is 10.7 Å². The Morgan fingerprint density at radius 3 is 1.70 bits per heavy atom. The first-order chi connectivity index (χ1) is 4.52. The summed E-state index contributed by atoms with van der Waals surface area (Å²) in [6.07, 6.45) is 0. The first-order valence-corrected chi connectivity index (χ1v) is 4.96. The van der Waals surface area contributed by atoms with Gasteiger partial charge in [-0.15, -0.1) is 0 Å². The van der Waals surface area contributed by atoms with E-state index in [2.05, 4.69) is 8.85 Å². The highest BCUT2D eigenvalue weighted by Gasteiger charge is 2.11. The van der Waals surface area contributed by atoms with E-state index in [-0.39, 0.29) is 1.43 Å². The van der Waals surface area contributed by atoms with Gasteiger partial charge in [-0.2, -0.15) is 0 Å². The molecule has 0 bridgehead atoms. The van der Waals surface area contributed by atoms with E-state index in [4.69, 9.17) is 0 Å². The van der Waals surface area contributed by atoms with Crippen LogP contribution in [-0.4, -0.2) is 21.2 Å². The van der Waals surface area contributed by atoms with E-state index < -0.39 is 21.2 Å². The first kappa shape index (κ1) is 9.16. The molecular formula is C5H11O4Si+. The molecule has 4 nitrogen and oxygen atoms in total. The molecule has 0 amide bonds. The molecule has 0 atom stereocenters. The van der Waals surface area contributed by atoms with Crippen LogP contribution in [0.4, 0.5) is 0 Å². The molecule has 0 heterocycles. The maximum absolute atomic E-state index is 10.3. The standard InChI is InChI=1S/C5H10O4Si/c1-4(6)8-10(3)9-5(2)7/h10H,1-3H3/p+1. The van der Waals surface area contributed by atoms with Crippen molar-refractivity contribution in [1.29, 1.82) is 0 Å². The second-order valence-electron chi connectivity index (χ2n) is 1.79. The van der Waals surface area contributed by atoms with E-state index in [9.17, 15) is 9.59 Å². The summed E-state index contributed by atoms with van der Waals surface area (Å²) in [6.45, 7) is 4.18. The lowest BCUT2D eigenvalue weighted by molar-refractivity contribution is -0.137. The highest BCUT2D eigenvalue weighted by molar-refractivity contribution is 6.47. The fourth-order valence-corrected chi connectivity index (χ4v) is 1.47. The molecule has 10 heavy (non-hydrogen) atoms. The van der Waals surface area contributed by atoms with Gasteiger partial charge in [-0.1, -0.05) is 0 Å². The van der Waals surface area contributed by atoms with Crippen LogP contribution in [0.2, 0.25) is 6.55 Å². The van der Waals surface area contributed by atoms with Gasteiger partial charge in [0.05, 0.1) is 0 Å². The van der Waals surface area contributed by atoms with Crippen molar-refractivity contribution in [3.05, 3.63) is 0 Å². The molecule has 0 spiro atoms. The summed E-state index contributed by atoms with van der Waals surface area (Å²) in [5.74, 6) is -0.805. The SMILES string of the molecule is CC(=O)O[SiH](C)OC(C)=O.[H+]. The van der Waals surface area contributed by atoms with Crippen molar-refractivity contribution in [2.75, 3.05) is 0 Å². The Morgan fingerprint density at radius 2 is 1.50 bits per heavy atom. The summed E-state index contributed by atoms with van der Waals surface area (Å²) in [6, 6.07) is 0. The zero-order chi connectivity index (χ0) is 8.15. The van der Waals surface area contributed by atoms with Crippen molar-refractivity contribution < 1.29 is 19.9 Å². The molecule has 0 aliphatic carbocycles. The monoisotopic (exact) mass is 163 g/mol. The molecule has 0 radical (unpaired) electrons. The number of hydrogen-bond donors (Lipinski definition) is 0. The molecule has 0 aliphatic heterocycles. The summed E-state index contributed by atoms with van der Waals surface area (Å²) in [7, 11) is -2.02. The molecule has 0 aromatic rings. The van der Waals surface area contributed by atoms with Gasteiger partial charge in [-0.25, -0.2) is 0 Å². The van der Waals surface area contributed by atoms with Gasteiger partial charge in [0.25, 0.3) is 11.9 Å². The molecular weight excluding hydrogens is 152 g/mol. The van der Waals surface area contributed by atoms with Crippen LogP contribution >= 0.6 is 0 Å². The summed E-state index contributed by atoms with van der Waals surface area (Å²) < 4.78 is 9.24. The summed E-state index contributed by atoms with van der Waals surface area (Å²) in [5, 5.41) is 0. The molecule has 0 saturated heterocycles. The Morgan fingerprint density at radius 1 is 1.20 bits per heavy atom. The van der Waals surface area contributed by atoms with Gasteiger partial charge in [0, 0.05) is 13.8 Å². The number of carbonyl (C=O) groups excluding carboxylic acids is 2. The Balaban J connectivity index is 0. The van der Waals surface area contributed by atoms with Crippen LogP contribution in [0.3, 0.4) is 0 Å². The highest BCUT2D eigenvalue weighted by Crippen LogP contribution is 1.89. The normalized spacial score (nSPS) is 9.20. The number of rotatable bonds is 2. The summed E-state index contributed by atoms with van der Waals surface area (Å²) in [4.78, 5) is 20.5. The summed E-state index contributed by atoms with van der Waals surface area (Å²) in [5.41, 5.74) is 0. The van der Waals surface area contributed by atoms with Gasteiger partial charge in [0.15, 0.2) is 0 Å². The molecule has 0 saturated carbocycles. The second kappa shape index (κ2) is 4.05. The molecule has 0 rings (SSSR count). The first-order valence-electron chi connectivity index (χ1n) is 2.87. The van der Waals surface area contributed by atoms with Crippen LogP contribution in [0.15, 0.2) is 0 Å². The van der Waals surface area contributed by atoms with Crippen LogP contribution in [0.1, 0.15) is 15.3 Å². The van der Waals surface area contributed by atoms with Crippen molar-refractivity contribution in [2.45, 2.75) is 20.4 Å². The third-order valence-electron chi connectivity index (χ3n) is 0.664. The Bertz CT molecular complexity index is 133. The largest absolute Gasteiger partial charge is 1.00 e. The van der Waals surface area contributed by atoms with E-state index in [0.717, 1.165) is 0 Å². The van der Waals surface area contributed by atoms with E-state index in [1.54, 1.807) is 6.55 Å². The fraction of sp³-hybridized carbons (Fsp3) is 0.600. The third-order valence-corrected chi connectivity index (χ3v) is 1.99. The topological polar surface area (TPSA) is 52.6 Å². The number of hydrogen-bond acceptors (Lipinski definition) is 4. The minimum Gasteiger partial charge on any atom is -0.487 e. The Labute approximate surface area is 62.5 Å². The molecule has 0 aliphatic rings. The third kappa shape index (κ3) is 5.30. The smallest absolute Gasteiger partial charge is 0.487 e. The van der Waals surface area contributed by atoms with Crippen molar-refractivity contribution >= 4 is 21.2 Å². The van der Waals surface area contributed by atoms with Crippen molar-refractivity contribution in [2.24, 2.45) is 0 Å². The van der Waals surface area contributed by atoms with Gasteiger partial charge < -0.3 is 8.85 Å². The lowest BCUT2D eigenvalue weighted by Gasteiger charge is -2.08. The molecule has 58 valence electrons. The average Bonchev–Trinajstić information content (AvgIpc) is 1.58. The fourth-order valence-electron chi connectivity index (χ4n) is 0.491. The van der Waals surface area contributed by atoms with Crippen LogP contribution in [0, 0.1) is 0 Å². The predicted octanol–water partition coefficient (Wildman–Crippen LogP) is 0.0754. The van der Waals surface area contributed by atoms with Crippen LogP contribution in [-0.2, 0) is 18.4 Å². The summed E-state index contributed by atoms with van der Waals surface area (Å²) >= 11 is 0. The minimum absolute atomic E-state index is 0.